The number of piperidine rings is 1. The highest BCUT2D eigenvalue weighted by Crippen LogP contribution is 2.27. The molecule has 0 unspecified atom stereocenters. The number of hydrogen-bond acceptors (Lipinski definition) is 3. The predicted molar refractivity (Wildman–Crippen MR) is 109 cm³/mol. The van der Waals surface area contributed by atoms with Crippen LogP contribution in [0.5, 0.6) is 5.75 Å². The van der Waals surface area contributed by atoms with Crippen molar-refractivity contribution < 1.29 is 9.53 Å². The van der Waals surface area contributed by atoms with Crippen LogP contribution in [-0.2, 0) is 11.3 Å². The van der Waals surface area contributed by atoms with Crippen LogP contribution in [0, 0.1) is 5.92 Å². The smallest absolute Gasteiger partial charge is 0.260 e. The number of likely N-dealkylation sites (tertiary alicyclic amines) is 1. The fraction of sp³-hybridized carbons (Fsp3) is 0.381. The number of halogens is 2. The van der Waals surface area contributed by atoms with E-state index in [4.69, 9.17) is 27.9 Å². The van der Waals surface area contributed by atoms with Crippen molar-refractivity contribution in [3.8, 4) is 5.75 Å². The van der Waals surface area contributed by atoms with Gasteiger partial charge in [-0.1, -0.05) is 53.5 Å². The molecule has 1 N–H and O–H groups in total. The van der Waals surface area contributed by atoms with E-state index in [-0.39, 0.29) is 12.5 Å². The van der Waals surface area contributed by atoms with E-state index in [1.807, 2.05) is 11.0 Å². The van der Waals surface area contributed by atoms with Crippen molar-refractivity contribution in [3.05, 3.63) is 64.1 Å². The minimum Gasteiger partial charge on any atom is -0.482 e. The molecule has 0 aromatic heterocycles. The highest BCUT2D eigenvalue weighted by atomic mass is 35.5. The third-order valence-electron chi connectivity index (χ3n) is 4.82. The normalized spacial score (nSPS) is 15.0. The summed E-state index contributed by atoms with van der Waals surface area (Å²) in [5, 5.41) is 4.51. The molecule has 1 aliphatic heterocycles. The van der Waals surface area contributed by atoms with Gasteiger partial charge in [-0.3, -0.25) is 4.79 Å². The topological polar surface area (TPSA) is 41.6 Å². The van der Waals surface area contributed by atoms with Crippen LogP contribution in [0.4, 0.5) is 0 Å². The van der Waals surface area contributed by atoms with Gasteiger partial charge in [0.15, 0.2) is 6.61 Å². The first kappa shape index (κ1) is 20.0. The van der Waals surface area contributed by atoms with Crippen LogP contribution in [0.25, 0.3) is 0 Å². The Morgan fingerprint density at radius 3 is 2.59 bits per heavy atom. The summed E-state index contributed by atoms with van der Waals surface area (Å²) in [6.45, 7) is 3.38. The Hall–Kier alpha value is -1.75. The number of hydrogen-bond donors (Lipinski definition) is 1. The van der Waals surface area contributed by atoms with Crippen molar-refractivity contribution in [2.24, 2.45) is 5.92 Å². The van der Waals surface area contributed by atoms with Gasteiger partial charge in [0.05, 0.1) is 5.02 Å². The largest absolute Gasteiger partial charge is 0.482 e. The molecule has 1 fully saturated rings. The fourth-order valence-corrected chi connectivity index (χ4v) is 3.56. The lowest BCUT2D eigenvalue weighted by atomic mass is 9.96. The van der Waals surface area contributed by atoms with Crippen LogP contribution >= 0.6 is 23.2 Å². The first-order valence-corrected chi connectivity index (χ1v) is 9.97. The minimum atomic E-state index is -0.0169. The molecule has 0 bridgehead atoms. The van der Waals surface area contributed by atoms with Crippen LogP contribution in [-0.4, -0.2) is 37.0 Å². The standard InChI is InChI=1S/C21H24Cl2N2O2/c22-18-6-7-19(23)20(12-18)27-15-21(26)25-10-8-17(9-11-25)14-24-13-16-4-2-1-3-5-16/h1-7,12,17,24H,8-11,13-15H2. The van der Waals surface area contributed by atoms with Gasteiger partial charge in [-0.05, 0) is 43.0 Å². The number of nitrogens with zero attached hydrogens (tertiary/aromatic N) is 1. The van der Waals surface area contributed by atoms with E-state index in [0.29, 0.717) is 21.7 Å². The number of amides is 1. The van der Waals surface area contributed by atoms with Crippen molar-refractivity contribution in [1.82, 2.24) is 10.2 Å². The Balaban J connectivity index is 1.37. The molecule has 3 rings (SSSR count). The van der Waals surface area contributed by atoms with Crippen molar-refractivity contribution in [2.45, 2.75) is 19.4 Å². The summed E-state index contributed by atoms with van der Waals surface area (Å²) >= 11 is 12.0. The lowest BCUT2D eigenvalue weighted by Crippen LogP contribution is -2.42. The maximum Gasteiger partial charge on any atom is 0.260 e. The summed E-state index contributed by atoms with van der Waals surface area (Å²) in [5.41, 5.74) is 1.29. The van der Waals surface area contributed by atoms with E-state index in [0.717, 1.165) is 39.0 Å². The summed E-state index contributed by atoms with van der Waals surface area (Å²) in [7, 11) is 0. The lowest BCUT2D eigenvalue weighted by Gasteiger charge is -2.32. The van der Waals surface area contributed by atoms with E-state index >= 15 is 0 Å². The Labute approximate surface area is 170 Å². The van der Waals surface area contributed by atoms with Crippen LogP contribution < -0.4 is 10.1 Å². The Morgan fingerprint density at radius 2 is 1.85 bits per heavy atom. The number of nitrogens with one attached hydrogen (secondary N) is 1. The zero-order valence-corrected chi connectivity index (χ0v) is 16.7. The van der Waals surface area contributed by atoms with Crippen molar-refractivity contribution in [1.29, 1.82) is 0 Å². The average molecular weight is 407 g/mol. The highest BCUT2D eigenvalue weighted by molar-refractivity contribution is 6.34. The molecule has 0 radical (unpaired) electrons. The predicted octanol–water partition coefficient (Wildman–Crippen LogP) is 4.40. The number of ether oxygens (including phenoxy) is 1. The molecule has 27 heavy (non-hydrogen) atoms. The molecule has 2 aromatic rings. The lowest BCUT2D eigenvalue weighted by molar-refractivity contribution is -0.134. The summed E-state index contributed by atoms with van der Waals surface area (Å²) in [5.74, 6) is 1.03. The molecule has 0 saturated carbocycles. The van der Waals surface area contributed by atoms with Crippen molar-refractivity contribution in [3.63, 3.8) is 0 Å². The van der Waals surface area contributed by atoms with Crippen molar-refractivity contribution in [2.75, 3.05) is 26.2 Å². The Kier molecular flexibility index (Phi) is 7.39. The van der Waals surface area contributed by atoms with Crippen LogP contribution in [0.15, 0.2) is 48.5 Å². The maximum atomic E-state index is 12.4. The molecule has 1 amide bonds. The quantitative estimate of drug-likeness (QED) is 0.740. The van der Waals surface area contributed by atoms with Gasteiger partial charge >= 0.3 is 0 Å². The van der Waals surface area contributed by atoms with Gasteiger partial charge < -0.3 is 15.0 Å². The summed E-state index contributed by atoms with van der Waals surface area (Å²) in [6.07, 6.45) is 2.01. The molecule has 0 spiro atoms. The molecule has 0 atom stereocenters. The molecule has 1 saturated heterocycles. The fourth-order valence-electron chi connectivity index (χ4n) is 3.22. The Morgan fingerprint density at radius 1 is 1.11 bits per heavy atom. The summed E-state index contributed by atoms with van der Waals surface area (Å²) in [4.78, 5) is 14.2. The first-order valence-electron chi connectivity index (χ1n) is 9.22. The molecular weight excluding hydrogens is 383 g/mol. The van der Waals surface area contributed by atoms with Gasteiger partial charge in [0.25, 0.3) is 5.91 Å². The highest BCUT2D eigenvalue weighted by Gasteiger charge is 2.23. The molecule has 1 aliphatic rings. The number of carbonyl (C=O) groups excluding carboxylic acids is 1. The monoisotopic (exact) mass is 406 g/mol. The van der Waals surface area contributed by atoms with Gasteiger partial charge in [-0.2, -0.15) is 0 Å². The number of benzene rings is 2. The van der Waals surface area contributed by atoms with E-state index in [9.17, 15) is 4.79 Å². The third-order valence-corrected chi connectivity index (χ3v) is 5.36. The zero-order valence-electron chi connectivity index (χ0n) is 15.2. The van der Waals surface area contributed by atoms with E-state index in [1.165, 1.54) is 5.56 Å². The van der Waals surface area contributed by atoms with Crippen molar-refractivity contribution >= 4 is 29.1 Å². The molecule has 0 aliphatic carbocycles. The SMILES string of the molecule is O=C(COc1cc(Cl)ccc1Cl)N1CCC(CNCc2ccccc2)CC1. The molecule has 144 valence electrons. The second-order valence-electron chi connectivity index (χ2n) is 6.80. The number of carbonyl (C=O) groups is 1. The van der Waals surface area contributed by atoms with Gasteiger partial charge in [-0.25, -0.2) is 0 Å². The van der Waals surface area contributed by atoms with Gasteiger partial charge in [0, 0.05) is 30.7 Å². The summed E-state index contributed by atoms with van der Waals surface area (Å²) < 4.78 is 5.55. The third kappa shape index (κ3) is 6.13. The molecule has 2 aromatic carbocycles. The number of rotatable bonds is 7. The second kappa shape index (κ2) is 9.98. The molecule has 1 heterocycles. The van der Waals surface area contributed by atoms with Crippen LogP contribution in [0.3, 0.4) is 0 Å². The van der Waals surface area contributed by atoms with Gasteiger partial charge in [-0.15, -0.1) is 0 Å². The van der Waals surface area contributed by atoms with Crippen LogP contribution in [0.1, 0.15) is 18.4 Å². The van der Waals surface area contributed by atoms with E-state index in [1.54, 1.807) is 18.2 Å². The summed E-state index contributed by atoms with van der Waals surface area (Å²) in [6, 6.07) is 15.4. The first-order chi connectivity index (χ1) is 13.1. The minimum absolute atomic E-state index is 0.0123. The van der Waals surface area contributed by atoms with Crippen LogP contribution in [0.2, 0.25) is 10.0 Å². The average Bonchev–Trinajstić information content (AvgIpc) is 2.70. The molecule has 4 nitrogen and oxygen atoms in total. The maximum absolute atomic E-state index is 12.4. The molecular formula is C21H24Cl2N2O2. The molecule has 6 heteroatoms. The van der Waals surface area contributed by atoms with Gasteiger partial charge in [0.1, 0.15) is 5.75 Å². The zero-order chi connectivity index (χ0) is 19.1. The van der Waals surface area contributed by atoms with E-state index < -0.39 is 0 Å². The second-order valence-corrected chi connectivity index (χ2v) is 7.65. The Bertz CT molecular complexity index is 747. The van der Waals surface area contributed by atoms with E-state index in [2.05, 4.69) is 29.6 Å². The van der Waals surface area contributed by atoms with Gasteiger partial charge in [0.2, 0.25) is 0 Å².